The second-order valence-electron chi connectivity index (χ2n) is 2.56. The van der Waals surface area contributed by atoms with Crippen LogP contribution in [0, 0.1) is 0 Å². The monoisotopic (exact) mass is 267 g/mol. The van der Waals surface area contributed by atoms with Gasteiger partial charge in [0.25, 0.3) is 5.78 Å². The number of rotatable bonds is 1. The number of halogens is 4. The van der Waals surface area contributed by atoms with E-state index < -0.39 is 17.5 Å². The number of benzene rings is 1. The summed E-state index contributed by atoms with van der Waals surface area (Å²) in [6.45, 7) is 0. The first kappa shape index (κ1) is 11.0. The fourth-order valence-corrected chi connectivity index (χ4v) is 1.27. The molecule has 2 nitrogen and oxygen atoms in total. The van der Waals surface area contributed by atoms with Crippen LogP contribution in [0.1, 0.15) is 10.4 Å². The Kier molecular flexibility index (Phi) is 2.84. The van der Waals surface area contributed by atoms with E-state index >= 15 is 0 Å². The number of carbonyl (C=O) groups excluding carboxylic acids is 1. The van der Waals surface area contributed by atoms with E-state index in [1.54, 1.807) is 0 Å². The van der Waals surface area contributed by atoms with Gasteiger partial charge in [-0.3, -0.25) is 4.79 Å². The molecule has 0 aliphatic rings. The number of Topliss-reactive ketones (excluding diaryl/α,β-unsaturated/α-hetero) is 1. The molecule has 76 valence electrons. The van der Waals surface area contributed by atoms with Gasteiger partial charge in [0.15, 0.2) is 0 Å². The summed E-state index contributed by atoms with van der Waals surface area (Å²) in [4.78, 5) is 10.8. The summed E-state index contributed by atoms with van der Waals surface area (Å²) < 4.78 is 36.5. The molecule has 0 saturated heterocycles. The highest BCUT2D eigenvalue weighted by Gasteiger charge is 2.40. The Labute approximate surface area is 86.0 Å². The van der Waals surface area contributed by atoms with Crippen LogP contribution in [0.2, 0.25) is 0 Å². The molecule has 0 spiro atoms. The number of carbonyl (C=O) groups is 1. The average Bonchev–Trinajstić information content (AvgIpc) is 2.01. The Hall–Kier alpha value is -1.04. The van der Waals surface area contributed by atoms with Crippen LogP contribution in [-0.2, 0) is 0 Å². The third-order valence-electron chi connectivity index (χ3n) is 1.52. The lowest BCUT2D eigenvalue weighted by Gasteiger charge is -2.07. The lowest BCUT2D eigenvalue weighted by atomic mass is 10.1. The highest BCUT2D eigenvalue weighted by atomic mass is 79.9. The Bertz CT molecular complexity index is 375. The predicted molar refractivity (Wildman–Crippen MR) is 48.9 cm³/mol. The normalized spacial score (nSPS) is 11.4. The fourth-order valence-electron chi connectivity index (χ4n) is 0.893. The van der Waals surface area contributed by atoms with E-state index in [9.17, 15) is 18.0 Å². The molecule has 6 heteroatoms. The van der Waals surface area contributed by atoms with E-state index in [-0.39, 0.29) is 5.69 Å². The molecular weight excluding hydrogens is 263 g/mol. The summed E-state index contributed by atoms with van der Waals surface area (Å²) in [6, 6.07) is 3.61. The topological polar surface area (TPSA) is 43.1 Å². The van der Waals surface area contributed by atoms with E-state index in [2.05, 4.69) is 15.9 Å². The Morgan fingerprint density at radius 3 is 2.36 bits per heavy atom. The van der Waals surface area contributed by atoms with Crippen LogP contribution in [0.15, 0.2) is 22.7 Å². The molecule has 0 aliphatic carbocycles. The smallest absolute Gasteiger partial charge is 0.398 e. The van der Waals surface area contributed by atoms with E-state index in [1.165, 1.54) is 12.1 Å². The SMILES string of the molecule is Nc1cc(Br)ccc1C(=O)C(F)(F)F. The summed E-state index contributed by atoms with van der Waals surface area (Å²) in [6.07, 6.45) is -4.89. The van der Waals surface area contributed by atoms with Gasteiger partial charge in [-0.05, 0) is 18.2 Å². The zero-order valence-electron chi connectivity index (χ0n) is 6.73. The maximum absolute atomic E-state index is 12.0. The van der Waals surface area contributed by atoms with Gasteiger partial charge >= 0.3 is 6.18 Å². The number of nitrogens with two attached hydrogens (primary N) is 1. The number of alkyl halides is 3. The molecule has 0 aliphatic heterocycles. The highest BCUT2D eigenvalue weighted by Crippen LogP contribution is 2.26. The van der Waals surface area contributed by atoms with E-state index in [1.807, 2.05) is 0 Å². The number of ketones is 1. The van der Waals surface area contributed by atoms with Gasteiger partial charge in [0, 0.05) is 10.2 Å². The van der Waals surface area contributed by atoms with Crippen LogP contribution in [-0.4, -0.2) is 12.0 Å². The lowest BCUT2D eigenvalue weighted by molar-refractivity contribution is -0.0884. The number of anilines is 1. The van der Waals surface area contributed by atoms with Gasteiger partial charge in [-0.25, -0.2) is 0 Å². The first-order valence-corrected chi connectivity index (χ1v) is 4.28. The molecular formula is C8H5BrF3NO. The first-order chi connectivity index (χ1) is 6.32. The van der Waals surface area contributed by atoms with E-state index in [0.29, 0.717) is 4.47 Å². The fraction of sp³-hybridized carbons (Fsp3) is 0.125. The van der Waals surface area contributed by atoms with Crippen LogP contribution in [0.25, 0.3) is 0 Å². The molecule has 0 saturated carbocycles. The van der Waals surface area contributed by atoms with Crippen molar-refractivity contribution in [1.29, 1.82) is 0 Å². The van der Waals surface area contributed by atoms with Crippen molar-refractivity contribution in [3.05, 3.63) is 28.2 Å². The van der Waals surface area contributed by atoms with Gasteiger partial charge in [-0.1, -0.05) is 15.9 Å². The molecule has 0 fully saturated rings. The van der Waals surface area contributed by atoms with Crippen molar-refractivity contribution in [2.24, 2.45) is 0 Å². The minimum Gasteiger partial charge on any atom is -0.398 e. The average molecular weight is 268 g/mol. The zero-order valence-corrected chi connectivity index (χ0v) is 8.32. The zero-order chi connectivity index (χ0) is 10.9. The molecule has 1 aromatic rings. The highest BCUT2D eigenvalue weighted by molar-refractivity contribution is 9.10. The van der Waals surface area contributed by atoms with Crippen molar-refractivity contribution in [3.63, 3.8) is 0 Å². The van der Waals surface area contributed by atoms with Crippen LogP contribution in [0.3, 0.4) is 0 Å². The van der Waals surface area contributed by atoms with Gasteiger partial charge in [0.1, 0.15) is 0 Å². The van der Waals surface area contributed by atoms with Gasteiger partial charge in [-0.2, -0.15) is 13.2 Å². The molecule has 0 atom stereocenters. The standard InChI is InChI=1S/C8H5BrF3NO/c9-4-1-2-5(6(13)3-4)7(14)8(10,11)12/h1-3H,13H2. The molecule has 0 bridgehead atoms. The van der Waals surface area contributed by atoms with Gasteiger partial charge in [-0.15, -0.1) is 0 Å². The van der Waals surface area contributed by atoms with Crippen LogP contribution >= 0.6 is 15.9 Å². The van der Waals surface area contributed by atoms with Crippen molar-refractivity contribution in [2.45, 2.75) is 6.18 Å². The Balaban J connectivity index is 3.15. The molecule has 0 unspecified atom stereocenters. The summed E-state index contributed by atoms with van der Waals surface area (Å²) in [5.41, 5.74) is 4.55. The maximum atomic E-state index is 12.0. The van der Waals surface area contributed by atoms with Crippen molar-refractivity contribution < 1.29 is 18.0 Å². The number of hydrogen-bond donors (Lipinski definition) is 1. The Morgan fingerprint density at radius 2 is 1.93 bits per heavy atom. The first-order valence-electron chi connectivity index (χ1n) is 3.49. The molecule has 1 aromatic carbocycles. The quantitative estimate of drug-likeness (QED) is 0.628. The third-order valence-corrected chi connectivity index (χ3v) is 2.01. The molecule has 1 rings (SSSR count). The summed E-state index contributed by atoms with van der Waals surface area (Å²) in [7, 11) is 0. The number of hydrogen-bond acceptors (Lipinski definition) is 2. The second kappa shape index (κ2) is 3.61. The molecule has 0 amide bonds. The Morgan fingerprint density at radius 1 is 1.36 bits per heavy atom. The predicted octanol–water partition coefficient (Wildman–Crippen LogP) is 2.78. The van der Waals surface area contributed by atoms with E-state index in [0.717, 1.165) is 6.07 Å². The molecule has 0 aromatic heterocycles. The summed E-state index contributed by atoms with van der Waals surface area (Å²) in [5.74, 6) is -1.93. The van der Waals surface area contributed by atoms with Crippen molar-refractivity contribution >= 4 is 27.4 Å². The number of nitrogen functional groups attached to an aromatic ring is 1. The van der Waals surface area contributed by atoms with Crippen LogP contribution in [0.5, 0.6) is 0 Å². The molecule has 0 radical (unpaired) electrons. The molecule has 14 heavy (non-hydrogen) atoms. The molecule has 2 N–H and O–H groups in total. The van der Waals surface area contributed by atoms with Crippen LogP contribution < -0.4 is 5.73 Å². The van der Waals surface area contributed by atoms with Crippen molar-refractivity contribution in [2.75, 3.05) is 5.73 Å². The minimum absolute atomic E-state index is 0.193. The largest absolute Gasteiger partial charge is 0.454 e. The molecule has 0 heterocycles. The minimum atomic E-state index is -4.89. The van der Waals surface area contributed by atoms with Crippen LogP contribution in [0.4, 0.5) is 18.9 Å². The van der Waals surface area contributed by atoms with Gasteiger partial charge in [0.2, 0.25) is 0 Å². The maximum Gasteiger partial charge on any atom is 0.454 e. The van der Waals surface area contributed by atoms with E-state index in [4.69, 9.17) is 5.73 Å². The van der Waals surface area contributed by atoms with Gasteiger partial charge < -0.3 is 5.73 Å². The van der Waals surface area contributed by atoms with Gasteiger partial charge in [0.05, 0.1) is 5.56 Å². The van der Waals surface area contributed by atoms with Crippen molar-refractivity contribution in [1.82, 2.24) is 0 Å². The summed E-state index contributed by atoms with van der Waals surface area (Å²) in [5, 5.41) is 0. The van der Waals surface area contributed by atoms with Crippen molar-refractivity contribution in [3.8, 4) is 0 Å². The summed E-state index contributed by atoms with van der Waals surface area (Å²) >= 11 is 3.02. The third kappa shape index (κ3) is 2.25. The second-order valence-corrected chi connectivity index (χ2v) is 3.47. The lowest BCUT2D eigenvalue weighted by Crippen LogP contribution is -2.23.